The van der Waals surface area contributed by atoms with Gasteiger partial charge in [0.15, 0.2) is 0 Å². The third-order valence-corrected chi connectivity index (χ3v) is 2.10. The Balaban J connectivity index is 2.17. The van der Waals surface area contributed by atoms with Gasteiger partial charge in [0.05, 0.1) is 11.9 Å². The fraction of sp³-hybridized carbons (Fsp3) is 0.0909. The molecule has 0 aliphatic rings. The molecule has 0 atom stereocenters. The lowest BCUT2D eigenvalue weighted by Gasteiger charge is -2.04. The lowest BCUT2D eigenvalue weighted by atomic mass is 10.3. The van der Waals surface area contributed by atoms with E-state index in [1.54, 1.807) is 25.1 Å². The summed E-state index contributed by atoms with van der Waals surface area (Å²) < 4.78 is 0. The lowest BCUT2D eigenvalue weighted by Crippen LogP contribution is -2.12. The van der Waals surface area contributed by atoms with Crippen LogP contribution in [0.1, 0.15) is 16.3 Å². The van der Waals surface area contributed by atoms with E-state index in [9.17, 15) is 9.90 Å². The van der Waals surface area contributed by atoms with Gasteiger partial charge in [-0.1, -0.05) is 12.1 Å². The van der Waals surface area contributed by atoms with Gasteiger partial charge in [0, 0.05) is 0 Å². The number of nitrogens with one attached hydrogen (secondary N) is 2. The van der Waals surface area contributed by atoms with Gasteiger partial charge in [-0.25, -0.2) is 4.98 Å². The Labute approximate surface area is 92.2 Å². The number of aromatic nitrogens is 2. The second kappa shape index (κ2) is 4.06. The molecule has 0 bridgehead atoms. The molecule has 3 N–H and O–H groups in total. The van der Waals surface area contributed by atoms with Crippen LogP contribution in [0.15, 0.2) is 30.5 Å². The van der Waals surface area contributed by atoms with Gasteiger partial charge in [0.2, 0.25) is 0 Å². The van der Waals surface area contributed by atoms with Crippen LogP contribution in [-0.4, -0.2) is 21.0 Å². The molecule has 5 heteroatoms. The number of carbonyl (C=O) groups is 1. The summed E-state index contributed by atoms with van der Waals surface area (Å²) in [6.07, 6.45) is 1.45. The second-order valence-electron chi connectivity index (χ2n) is 3.35. The van der Waals surface area contributed by atoms with Crippen LogP contribution in [0.5, 0.6) is 5.75 Å². The quantitative estimate of drug-likeness (QED) is 0.669. The number of nitrogens with zero attached hydrogens (tertiary/aromatic N) is 1. The summed E-state index contributed by atoms with van der Waals surface area (Å²) in [7, 11) is 0. The molecule has 5 nitrogen and oxygen atoms in total. The highest BCUT2D eigenvalue weighted by Crippen LogP contribution is 2.21. The van der Waals surface area contributed by atoms with Crippen LogP contribution < -0.4 is 5.32 Å². The number of rotatable bonds is 2. The second-order valence-corrected chi connectivity index (χ2v) is 3.35. The van der Waals surface area contributed by atoms with Crippen molar-refractivity contribution in [2.45, 2.75) is 6.92 Å². The number of aromatic amines is 1. The molecule has 2 rings (SSSR count). The molecule has 16 heavy (non-hydrogen) atoms. The molecular weight excluding hydrogens is 206 g/mol. The monoisotopic (exact) mass is 217 g/mol. The fourth-order valence-corrected chi connectivity index (χ4v) is 1.31. The first-order chi connectivity index (χ1) is 7.66. The number of aryl methyl sites for hydroxylation is 1. The van der Waals surface area contributed by atoms with E-state index in [1.807, 2.05) is 0 Å². The van der Waals surface area contributed by atoms with Gasteiger partial charge >= 0.3 is 0 Å². The van der Waals surface area contributed by atoms with Crippen LogP contribution in [0.2, 0.25) is 0 Å². The number of imidazole rings is 1. The van der Waals surface area contributed by atoms with Gasteiger partial charge in [-0.3, -0.25) is 4.79 Å². The summed E-state index contributed by atoms with van der Waals surface area (Å²) in [5.74, 6) is 0.372. The number of para-hydroxylation sites is 2. The normalized spacial score (nSPS) is 10.1. The van der Waals surface area contributed by atoms with Crippen LogP contribution >= 0.6 is 0 Å². The first-order valence-electron chi connectivity index (χ1n) is 4.78. The molecule has 1 amide bonds. The number of anilines is 1. The molecule has 0 unspecified atom stereocenters. The number of carbonyl (C=O) groups excluding carboxylic acids is 1. The number of hydrogen-bond donors (Lipinski definition) is 3. The van der Waals surface area contributed by atoms with Crippen molar-refractivity contribution in [3.63, 3.8) is 0 Å². The van der Waals surface area contributed by atoms with Crippen molar-refractivity contribution in [2.75, 3.05) is 5.32 Å². The summed E-state index contributed by atoms with van der Waals surface area (Å²) in [6.45, 7) is 1.76. The first kappa shape index (κ1) is 10.2. The Morgan fingerprint density at radius 1 is 1.44 bits per heavy atom. The van der Waals surface area contributed by atoms with Crippen molar-refractivity contribution in [1.82, 2.24) is 9.97 Å². The maximum absolute atomic E-state index is 11.7. The number of H-pyrrole nitrogens is 1. The Kier molecular flexibility index (Phi) is 2.59. The van der Waals surface area contributed by atoms with E-state index < -0.39 is 0 Å². The van der Waals surface area contributed by atoms with E-state index in [-0.39, 0.29) is 11.7 Å². The molecule has 1 aromatic heterocycles. The van der Waals surface area contributed by atoms with Gasteiger partial charge in [-0.05, 0) is 19.1 Å². The smallest absolute Gasteiger partial charge is 0.273 e. The first-order valence-corrected chi connectivity index (χ1v) is 4.78. The number of benzene rings is 1. The number of phenols is 1. The Hall–Kier alpha value is -2.30. The molecular formula is C11H11N3O2. The zero-order valence-electron chi connectivity index (χ0n) is 8.69. The topological polar surface area (TPSA) is 78.0 Å². The van der Waals surface area contributed by atoms with Crippen molar-refractivity contribution < 1.29 is 9.90 Å². The number of phenolic OH excluding ortho intramolecular Hbond substituents is 1. The van der Waals surface area contributed by atoms with Crippen LogP contribution in [-0.2, 0) is 0 Å². The van der Waals surface area contributed by atoms with Gasteiger partial charge < -0.3 is 15.4 Å². The molecule has 0 saturated carbocycles. The summed E-state index contributed by atoms with van der Waals surface area (Å²) in [4.78, 5) is 18.4. The highest BCUT2D eigenvalue weighted by atomic mass is 16.3. The van der Waals surface area contributed by atoms with E-state index in [1.165, 1.54) is 12.3 Å². The standard InChI is InChI=1S/C11H11N3O2/c1-7-12-6-9(13-7)11(16)14-8-4-2-3-5-10(8)15/h2-6,15H,1H3,(H,12,13)(H,14,16). The van der Waals surface area contributed by atoms with Crippen molar-refractivity contribution in [3.05, 3.63) is 42.0 Å². The molecule has 0 aliphatic heterocycles. The molecule has 0 radical (unpaired) electrons. The zero-order valence-corrected chi connectivity index (χ0v) is 8.69. The minimum atomic E-state index is -0.331. The predicted molar refractivity (Wildman–Crippen MR) is 59.4 cm³/mol. The molecule has 0 saturated heterocycles. The maximum Gasteiger partial charge on any atom is 0.273 e. The molecule has 2 aromatic rings. The van der Waals surface area contributed by atoms with Crippen molar-refractivity contribution in [1.29, 1.82) is 0 Å². The molecule has 1 heterocycles. The summed E-state index contributed by atoms with van der Waals surface area (Å²) in [6, 6.07) is 6.54. The van der Waals surface area contributed by atoms with E-state index >= 15 is 0 Å². The molecule has 0 aliphatic carbocycles. The van der Waals surface area contributed by atoms with E-state index in [0.29, 0.717) is 17.2 Å². The maximum atomic E-state index is 11.7. The molecule has 82 valence electrons. The Morgan fingerprint density at radius 3 is 2.81 bits per heavy atom. The Bertz CT molecular complexity index is 519. The molecule has 1 aromatic carbocycles. The van der Waals surface area contributed by atoms with Gasteiger partial charge in [0.25, 0.3) is 5.91 Å². The SMILES string of the molecule is Cc1ncc(C(=O)Nc2ccccc2O)[nH]1. The van der Waals surface area contributed by atoms with Crippen molar-refractivity contribution >= 4 is 11.6 Å². The minimum absolute atomic E-state index is 0.0343. The van der Waals surface area contributed by atoms with Crippen LogP contribution in [0.4, 0.5) is 5.69 Å². The van der Waals surface area contributed by atoms with Crippen LogP contribution in [0, 0.1) is 6.92 Å². The van der Waals surface area contributed by atoms with Crippen molar-refractivity contribution in [3.8, 4) is 5.75 Å². The molecule has 0 spiro atoms. The summed E-state index contributed by atoms with van der Waals surface area (Å²) in [5, 5.41) is 12.1. The van der Waals surface area contributed by atoms with Gasteiger partial charge in [-0.2, -0.15) is 0 Å². The van der Waals surface area contributed by atoms with Crippen LogP contribution in [0.25, 0.3) is 0 Å². The highest BCUT2D eigenvalue weighted by Gasteiger charge is 2.10. The van der Waals surface area contributed by atoms with E-state index in [4.69, 9.17) is 0 Å². The van der Waals surface area contributed by atoms with Crippen molar-refractivity contribution in [2.24, 2.45) is 0 Å². The fourth-order valence-electron chi connectivity index (χ4n) is 1.31. The number of aromatic hydroxyl groups is 1. The predicted octanol–water partition coefficient (Wildman–Crippen LogP) is 1.68. The Morgan fingerprint density at radius 2 is 2.19 bits per heavy atom. The molecule has 0 fully saturated rings. The summed E-state index contributed by atoms with van der Waals surface area (Å²) in [5.41, 5.74) is 0.737. The average molecular weight is 217 g/mol. The van der Waals surface area contributed by atoms with Crippen LogP contribution in [0.3, 0.4) is 0 Å². The lowest BCUT2D eigenvalue weighted by molar-refractivity contribution is 0.102. The third kappa shape index (κ3) is 2.03. The van der Waals surface area contributed by atoms with E-state index in [0.717, 1.165) is 0 Å². The van der Waals surface area contributed by atoms with Gasteiger partial charge in [-0.15, -0.1) is 0 Å². The zero-order chi connectivity index (χ0) is 11.5. The van der Waals surface area contributed by atoms with Gasteiger partial charge in [0.1, 0.15) is 17.3 Å². The van der Waals surface area contributed by atoms with E-state index in [2.05, 4.69) is 15.3 Å². The minimum Gasteiger partial charge on any atom is -0.506 e. The number of amides is 1. The highest BCUT2D eigenvalue weighted by molar-refractivity contribution is 6.03. The summed E-state index contributed by atoms with van der Waals surface area (Å²) >= 11 is 0. The third-order valence-electron chi connectivity index (χ3n) is 2.10. The average Bonchev–Trinajstić information content (AvgIpc) is 2.68. The number of hydrogen-bond acceptors (Lipinski definition) is 3. The largest absolute Gasteiger partial charge is 0.506 e.